The molecule has 168 valence electrons. The van der Waals surface area contributed by atoms with Crippen LogP contribution in [0.3, 0.4) is 0 Å². The number of nitriles is 1. The van der Waals surface area contributed by atoms with Gasteiger partial charge in [0.1, 0.15) is 17.7 Å². The molecule has 0 bridgehead atoms. The lowest BCUT2D eigenvalue weighted by molar-refractivity contribution is 0.109. The quantitative estimate of drug-likeness (QED) is 0.613. The number of benzene rings is 1. The fourth-order valence-corrected chi connectivity index (χ4v) is 4.52. The van der Waals surface area contributed by atoms with Gasteiger partial charge in [0.25, 0.3) is 5.56 Å². The molecular weight excluding hydrogens is 421 g/mol. The fourth-order valence-electron chi connectivity index (χ4n) is 4.52. The number of fused-ring (bicyclic) bond motifs is 1. The van der Waals surface area contributed by atoms with Gasteiger partial charge < -0.3 is 9.64 Å². The molecule has 33 heavy (non-hydrogen) atoms. The van der Waals surface area contributed by atoms with Gasteiger partial charge in [0, 0.05) is 43.2 Å². The summed E-state index contributed by atoms with van der Waals surface area (Å²) in [5.41, 5.74) is 3.88. The molecule has 0 atom stereocenters. The van der Waals surface area contributed by atoms with Gasteiger partial charge in [-0.25, -0.2) is 14.1 Å². The number of anilines is 1. The van der Waals surface area contributed by atoms with Crippen LogP contribution < -0.4 is 10.5 Å². The van der Waals surface area contributed by atoms with Crippen LogP contribution in [0.15, 0.2) is 47.3 Å². The van der Waals surface area contributed by atoms with Gasteiger partial charge in [0.2, 0.25) is 0 Å². The number of piperidine rings is 1. The molecular formula is C25H24FN5O2. The maximum atomic E-state index is 13.2. The zero-order valence-corrected chi connectivity index (χ0v) is 18.2. The standard InChI is InChI=1S/C25H24FN5O2/c26-21-3-1-18(2-4-21)23-5-6-24(32)31(29-23)15-17-7-10-30(11-8-17)25-19(14-27)13-20-16-33-12-9-22(20)28-25/h1-6,13,17H,7-12,15-16H2. The number of nitrogens with zero attached hydrogens (tertiary/aromatic N) is 5. The van der Waals surface area contributed by atoms with Crippen LogP contribution in [-0.2, 0) is 24.3 Å². The molecule has 0 saturated carbocycles. The zero-order chi connectivity index (χ0) is 22.8. The summed E-state index contributed by atoms with van der Waals surface area (Å²) in [5.74, 6) is 0.747. The van der Waals surface area contributed by atoms with E-state index in [1.165, 1.54) is 22.9 Å². The minimum absolute atomic E-state index is 0.145. The van der Waals surface area contributed by atoms with Crippen LogP contribution in [0.5, 0.6) is 0 Å². The second-order valence-corrected chi connectivity index (χ2v) is 8.56. The highest BCUT2D eigenvalue weighted by atomic mass is 19.1. The van der Waals surface area contributed by atoms with Gasteiger partial charge >= 0.3 is 0 Å². The van der Waals surface area contributed by atoms with E-state index in [0.29, 0.717) is 36.9 Å². The Morgan fingerprint density at radius 2 is 1.94 bits per heavy atom. The number of hydrogen-bond donors (Lipinski definition) is 0. The van der Waals surface area contributed by atoms with E-state index in [1.807, 2.05) is 6.07 Å². The Hall–Kier alpha value is -3.57. The first-order valence-corrected chi connectivity index (χ1v) is 11.2. The van der Waals surface area contributed by atoms with E-state index >= 15 is 0 Å². The van der Waals surface area contributed by atoms with E-state index in [0.717, 1.165) is 55.0 Å². The van der Waals surface area contributed by atoms with E-state index < -0.39 is 0 Å². The number of rotatable bonds is 4. The Morgan fingerprint density at radius 3 is 2.70 bits per heavy atom. The van der Waals surface area contributed by atoms with E-state index in [4.69, 9.17) is 9.72 Å². The van der Waals surface area contributed by atoms with Crippen molar-refractivity contribution in [2.45, 2.75) is 32.4 Å². The summed E-state index contributed by atoms with van der Waals surface area (Å²) in [6, 6.07) is 13.5. The average molecular weight is 445 g/mol. The molecule has 2 aliphatic rings. The molecule has 2 aromatic heterocycles. The van der Waals surface area contributed by atoms with Gasteiger partial charge in [-0.2, -0.15) is 10.4 Å². The van der Waals surface area contributed by atoms with Crippen LogP contribution in [-0.4, -0.2) is 34.5 Å². The van der Waals surface area contributed by atoms with Crippen LogP contribution in [0, 0.1) is 23.1 Å². The lowest BCUT2D eigenvalue weighted by Gasteiger charge is -2.34. The largest absolute Gasteiger partial charge is 0.376 e. The molecule has 4 heterocycles. The maximum Gasteiger partial charge on any atom is 0.266 e. The molecule has 2 aliphatic heterocycles. The highest BCUT2D eigenvalue weighted by Crippen LogP contribution is 2.28. The molecule has 3 aromatic rings. The fraction of sp³-hybridized carbons (Fsp3) is 0.360. The second-order valence-electron chi connectivity index (χ2n) is 8.56. The van der Waals surface area contributed by atoms with Crippen LogP contribution >= 0.6 is 0 Å². The third kappa shape index (κ3) is 4.50. The summed E-state index contributed by atoms with van der Waals surface area (Å²) in [4.78, 5) is 19.4. The van der Waals surface area contributed by atoms with Crippen molar-refractivity contribution < 1.29 is 9.13 Å². The van der Waals surface area contributed by atoms with Gasteiger partial charge in [-0.05, 0) is 55.2 Å². The summed E-state index contributed by atoms with van der Waals surface area (Å²) in [7, 11) is 0. The average Bonchev–Trinajstić information content (AvgIpc) is 2.85. The summed E-state index contributed by atoms with van der Waals surface area (Å²) < 4.78 is 20.2. The Bertz CT molecular complexity index is 1260. The van der Waals surface area contributed by atoms with E-state index in [2.05, 4.69) is 16.1 Å². The molecule has 8 heteroatoms. The minimum Gasteiger partial charge on any atom is -0.376 e. The Kier molecular flexibility index (Phi) is 5.88. The van der Waals surface area contributed by atoms with E-state index in [1.54, 1.807) is 18.2 Å². The van der Waals surface area contributed by atoms with Gasteiger partial charge in [-0.1, -0.05) is 0 Å². The molecule has 1 saturated heterocycles. The highest BCUT2D eigenvalue weighted by Gasteiger charge is 2.25. The molecule has 1 fully saturated rings. The van der Waals surface area contributed by atoms with Crippen molar-refractivity contribution in [2.75, 3.05) is 24.6 Å². The molecule has 0 spiro atoms. The molecule has 7 nitrogen and oxygen atoms in total. The van der Waals surface area contributed by atoms with Crippen molar-refractivity contribution in [2.24, 2.45) is 5.92 Å². The molecule has 0 amide bonds. The van der Waals surface area contributed by atoms with Crippen molar-refractivity contribution in [3.05, 3.63) is 75.5 Å². The topological polar surface area (TPSA) is 84.0 Å². The van der Waals surface area contributed by atoms with Crippen LogP contribution in [0.25, 0.3) is 11.3 Å². The first kappa shape index (κ1) is 21.3. The van der Waals surface area contributed by atoms with Crippen molar-refractivity contribution in [3.8, 4) is 17.3 Å². The minimum atomic E-state index is -0.305. The third-order valence-electron chi connectivity index (χ3n) is 6.38. The number of pyridine rings is 1. The normalized spacial score (nSPS) is 16.3. The molecule has 1 aromatic carbocycles. The number of hydrogen-bond acceptors (Lipinski definition) is 6. The monoisotopic (exact) mass is 445 g/mol. The Labute approximate surface area is 191 Å². The maximum absolute atomic E-state index is 13.2. The molecule has 5 rings (SSSR count). The van der Waals surface area contributed by atoms with Gasteiger partial charge in [0.05, 0.1) is 30.2 Å². The van der Waals surface area contributed by atoms with Gasteiger partial charge in [0.15, 0.2) is 0 Å². The summed E-state index contributed by atoms with van der Waals surface area (Å²) in [6.45, 7) is 3.24. The summed E-state index contributed by atoms with van der Waals surface area (Å²) in [6.07, 6.45) is 2.52. The third-order valence-corrected chi connectivity index (χ3v) is 6.38. The molecule has 0 aliphatic carbocycles. The predicted molar refractivity (Wildman–Crippen MR) is 121 cm³/mol. The Morgan fingerprint density at radius 1 is 1.15 bits per heavy atom. The zero-order valence-electron chi connectivity index (χ0n) is 18.2. The number of aromatic nitrogens is 3. The number of ether oxygens (including phenoxy) is 1. The van der Waals surface area contributed by atoms with Gasteiger partial charge in [-0.3, -0.25) is 4.79 Å². The first-order valence-electron chi connectivity index (χ1n) is 11.2. The second kappa shape index (κ2) is 9.12. The summed E-state index contributed by atoms with van der Waals surface area (Å²) >= 11 is 0. The van der Waals surface area contributed by atoms with E-state index in [-0.39, 0.29) is 11.4 Å². The van der Waals surface area contributed by atoms with Crippen molar-refractivity contribution in [1.29, 1.82) is 5.26 Å². The van der Waals surface area contributed by atoms with Crippen molar-refractivity contribution in [1.82, 2.24) is 14.8 Å². The van der Waals surface area contributed by atoms with Crippen LogP contribution in [0.1, 0.15) is 29.7 Å². The lowest BCUT2D eigenvalue weighted by Crippen LogP contribution is -2.38. The predicted octanol–water partition coefficient (Wildman–Crippen LogP) is 3.31. The van der Waals surface area contributed by atoms with Gasteiger partial charge in [-0.15, -0.1) is 0 Å². The highest BCUT2D eigenvalue weighted by molar-refractivity contribution is 5.58. The SMILES string of the molecule is N#Cc1cc2c(nc1N1CCC(Cn3nc(-c4ccc(F)cc4)ccc3=O)CC1)CCOC2. The molecule has 0 N–H and O–H groups in total. The van der Waals surface area contributed by atoms with Crippen LogP contribution in [0.4, 0.5) is 10.2 Å². The molecule has 0 unspecified atom stereocenters. The van der Waals surface area contributed by atoms with Crippen LogP contribution in [0.2, 0.25) is 0 Å². The lowest BCUT2D eigenvalue weighted by atomic mass is 9.96. The smallest absolute Gasteiger partial charge is 0.266 e. The Balaban J connectivity index is 1.29. The van der Waals surface area contributed by atoms with Crippen molar-refractivity contribution in [3.63, 3.8) is 0 Å². The first-order chi connectivity index (χ1) is 16.1. The summed E-state index contributed by atoms with van der Waals surface area (Å²) in [5, 5.41) is 14.2. The van der Waals surface area contributed by atoms with Crippen molar-refractivity contribution >= 4 is 5.82 Å². The van der Waals surface area contributed by atoms with E-state index in [9.17, 15) is 14.4 Å². The molecule has 0 radical (unpaired) electrons. The number of halogens is 1.